The Morgan fingerprint density at radius 2 is 1.96 bits per heavy atom. The monoisotopic (exact) mass is 379 g/mol. The normalized spacial score (nSPS) is 10.7. The second-order valence-corrected chi connectivity index (χ2v) is 7.58. The van der Waals surface area contributed by atoms with Crippen LogP contribution in [0.2, 0.25) is 0 Å². The lowest BCUT2D eigenvalue weighted by Gasteiger charge is -2.20. The lowest BCUT2D eigenvalue weighted by atomic mass is 10.2. The van der Waals surface area contributed by atoms with Crippen LogP contribution < -0.4 is 5.32 Å². The van der Waals surface area contributed by atoms with Gasteiger partial charge in [-0.3, -0.25) is 9.69 Å². The Morgan fingerprint density at radius 1 is 1.19 bits per heavy atom. The number of rotatable bonds is 7. The first-order chi connectivity index (χ1) is 13.1. The van der Waals surface area contributed by atoms with Gasteiger partial charge in [-0.05, 0) is 37.1 Å². The van der Waals surface area contributed by atoms with Gasteiger partial charge in [0.25, 0.3) is 0 Å². The molecule has 3 aromatic rings. The highest BCUT2D eigenvalue weighted by molar-refractivity contribution is 7.16. The quantitative estimate of drug-likeness (QED) is 0.657. The molecule has 1 amide bonds. The number of carbonyl (C=O) groups excluding carboxylic acids is 1. The molecule has 0 atom stereocenters. The van der Waals surface area contributed by atoms with Crippen LogP contribution in [0.25, 0.3) is 0 Å². The third kappa shape index (κ3) is 4.85. The average molecular weight is 379 g/mol. The average Bonchev–Trinajstić information content (AvgIpc) is 3.24. The number of amides is 1. The molecule has 27 heavy (non-hydrogen) atoms. The number of hydrogen-bond acceptors (Lipinski definition) is 5. The molecule has 0 spiro atoms. The molecule has 0 unspecified atom stereocenters. The largest absolute Gasteiger partial charge is 0.468 e. The number of hydrogen-bond donors (Lipinski definition) is 1. The molecule has 0 bridgehead atoms. The van der Waals surface area contributed by atoms with E-state index in [1.165, 1.54) is 11.3 Å². The van der Waals surface area contributed by atoms with Crippen molar-refractivity contribution in [1.82, 2.24) is 4.90 Å². The van der Waals surface area contributed by atoms with E-state index >= 15 is 0 Å². The van der Waals surface area contributed by atoms with Gasteiger partial charge in [-0.1, -0.05) is 30.3 Å². The van der Waals surface area contributed by atoms with E-state index in [2.05, 4.69) is 11.4 Å². The molecular formula is C21H21N3O2S. The van der Waals surface area contributed by atoms with Crippen LogP contribution in [0.4, 0.5) is 5.00 Å². The van der Waals surface area contributed by atoms with Crippen LogP contribution in [0.15, 0.2) is 53.1 Å². The summed E-state index contributed by atoms with van der Waals surface area (Å²) in [5.74, 6) is 0.662. The topological polar surface area (TPSA) is 69.3 Å². The van der Waals surface area contributed by atoms with Crippen molar-refractivity contribution in [2.45, 2.75) is 26.9 Å². The van der Waals surface area contributed by atoms with E-state index in [0.29, 0.717) is 23.7 Å². The second-order valence-electron chi connectivity index (χ2n) is 6.36. The maximum absolute atomic E-state index is 12.6. The van der Waals surface area contributed by atoms with Crippen molar-refractivity contribution < 1.29 is 9.21 Å². The minimum Gasteiger partial charge on any atom is -0.468 e. The summed E-state index contributed by atoms with van der Waals surface area (Å²) in [6, 6.07) is 15.9. The molecule has 1 N–H and O–H groups in total. The molecule has 0 radical (unpaired) electrons. The van der Waals surface area contributed by atoms with Gasteiger partial charge in [0.1, 0.15) is 16.8 Å². The van der Waals surface area contributed by atoms with Crippen molar-refractivity contribution in [3.8, 4) is 6.07 Å². The van der Waals surface area contributed by atoms with Gasteiger partial charge in [0.05, 0.1) is 24.9 Å². The lowest BCUT2D eigenvalue weighted by molar-refractivity contribution is -0.117. The summed E-state index contributed by atoms with van der Waals surface area (Å²) in [4.78, 5) is 15.7. The SMILES string of the molecule is Cc1sc(NC(=O)CN(Cc2ccccc2)Cc2ccco2)c(C#N)c1C. The lowest BCUT2D eigenvalue weighted by Crippen LogP contribution is -2.32. The summed E-state index contributed by atoms with van der Waals surface area (Å²) < 4.78 is 5.44. The van der Waals surface area contributed by atoms with Crippen LogP contribution >= 0.6 is 11.3 Å². The van der Waals surface area contributed by atoms with Gasteiger partial charge in [-0.2, -0.15) is 5.26 Å². The van der Waals surface area contributed by atoms with Crippen molar-refractivity contribution in [1.29, 1.82) is 5.26 Å². The van der Waals surface area contributed by atoms with Crippen LogP contribution in [0.3, 0.4) is 0 Å². The fourth-order valence-electron chi connectivity index (χ4n) is 2.85. The van der Waals surface area contributed by atoms with E-state index in [0.717, 1.165) is 21.8 Å². The number of anilines is 1. The Balaban J connectivity index is 1.72. The highest BCUT2D eigenvalue weighted by atomic mass is 32.1. The summed E-state index contributed by atoms with van der Waals surface area (Å²) in [6.45, 7) is 5.22. The number of carbonyl (C=O) groups is 1. The Bertz CT molecular complexity index is 940. The summed E-state index contributed by atoms with van der Waals surface area (Å²) in [5, 5.41) is 12.9. The molecule has 0 aliphatic heterocycles. The Labute approximate surface area is 162 Å². The molecule has 0 aliphatic carbocycles. The molecule has 1 aromatic carbocycles. The van der Waals surface area contributed by atoms with Crippen molar-refractivity contribution in [3.05, 3.63) is 76.1 Å². The summed E-state index contributed by atoms with van der Waals surface area (Å²) in [7, 11) is 0. The Hall–Kier alpha value is -2.88. The van der Waals surface area contributed by atoms with Crippen LogP contribution in [0.5, 0.6) is 0 Å². The third-order valence-electron chi connectivity index (χ3n) is 4.33. The highest BCUT2D eigenvalue weighted by Crippen LogP contribution is 2.31. The van der Waals surface area contributed by atoms with Gasteiger partial charge in [0, 0.05) is 11.4 Å². The van der Waals surface area contributed by atoms with E-state index in [9.17, 15) is 10.1 Å². The summed E-state index contributed by atoms with van der Waals surface area (Å²) in [5.41, 5.74) is 2.60. The van der Waals surface area contributed by atoms with Crippen molar-refractivity contribution in [2.75, 3.05) is 11.9 Å². The summed E-state index contributed by atoms with van der Waals surface area (Å²) in [6.07, 6.45) is 1.63. The zero-order valence-electron chi connectivity index (χ0n) is 15.4. The number of benzene rings is 1. The zero-order valence-corrected chi connectivity index (χ0v) is 16.2. The molecule has 5 nitrogen and oxygen atoms in total. The van der Waals surface area contributed by atoms with Gasteiger partial charge >= 0.3 is 0 Å². The molecular weight excluding hydrogens is 358 g/mol. The first kappa shape index (κ1) is 18.9. The van der Waals surface area contributed by atoms with E-state index in [4.69, 9.17) is 4.42 Å². The number of furan rings is 1. The van der Waals surface area contributed by atoms with Gasteiger partial charge in [0.15, 0.2) is 0 Å². The third-order valence-corrected chi connectivity index (χ3v) is 5.45. The van der Waals surface area contributed by atoms with Crippen molar-refractivity contribution in [3.63, 3.8) is 0 Å². The molecule has 0 saturated carbocycles. The second kappa shape index (κ2) is 8.67. The predicted octanol–water partition coefficient (Wildman–Crippen LogP) is 4.47. The molecule has 138 valence electrons. The number of nitrogens with one attached hydrogen (secondary N) is 1. The molecule has 6 heteroatoms. The van der Waals surface area contributed by atoms with Crippen LogP contribution in [0.1, 0.15) is 27.3 Å². The number of nitrogens with zero attached hydrogens (tertiary/aromatic N) is 2. The van der Waals surface area contributed by atoms with Gasteiger partial charge in [0.2, 0.25) is 5.91 Å². The predicted molar refractivity (Wildman–Crippen MR) is 106 cm³/mol. The maximum Gasteiger partial charge on any atom is 0.239 e. The fourth-order valence-corrected chi connectivity index (χ4v) is 3.88. The zero-order chi connectivity index (χ0) is 19.2. The minimum absolute atomic E-state index is 0.143. The molecule has 0 fully saturated rings. The molecule has 0 saturated heterocycles. The molecule has 2 aromatic heterocycles. The van der Waals surface area contributed by atoms with Gasteiger partial charge in [-0.25, -0.2) is 0 Å². The molecule has 2 heterocycles. The fraction of sp³-hybridized carbons (Fsp3) is 0.238. The molecule has 3 rings (SSSR count). The van der Waals surface area contributed by atoms with Gasteiger partial charge in [-0.15, -0.1) is 11.3 Å². The Morgan fingerprint density at radius 3 is 2.63 bits per heavy atom. The van der Waals surface area contributed by atoms with E-state index in [-0.39, 0.29) is 12.5 Å². The van der Waals surface area contributed by atoms with E-state index in [1.54, 1.807) is 6.26 Å². The maximum atomic E-state index is 12.6. The van der Waals surface area contributed by atoms with Crippen molar-refractivity contribution >= 4 is 22.2 Å². The van der Waals surface area contributed by atoms with Crippen molar-refractivity contribution in [2.24, 2.45) is 0 Å². The van der Waals surface area contributed by atoms with Gasteiger partial charge < -0.3 is 9.73 Å². The van der Waals surface area contributed by atoms with E-state index in [1.807, 2.05) is 61.2 Å². The first-order valence-electron chi connectivity index (χ1n) is 8.65. The highest BCUT2D eigenvalue weighted by Gasteiger charge is 2.17. The van der Waals surface area contributed by atoms with Crippen LogP contribution in [-0.4, -0.2) is 17.4 Å². The number of thiophene rings is 1. The Kier molecular flexibility index (Phi) is 6.07. The minimum atomic E-state index is -0.143. The first-order valence-corrected chi connectivity index (χ1v) is 9.47. The summed E-state index contributed by atoms with van der Waals surface area (Å²) >= 11 is 1.44. The molecule has 0 aliphatic rings. The smallest absolute Gasteiger partial charge is 0.239 e. The number of nitriles is 1. The standard InChI is InChI=1S/C21H21N3O2S/c1-15-16(2)27-21(19(15)11-22)23-20(25)14-24(13-18-9-6-10-26-18)12-17-7-4-3-5-8-17/h3-10H,12-14H2,1-2H3,(H,23,25). The van der Waals surface area contributed by atoms with Crippen LogP contribution in [-0.2, 0) is 17.9 Å². The van der Waals surface area contributed by atoms with Crippen LogP contribution in [0, 0.1) is 25.2 Å². The number of aryl methyl sites for hydroxylation is 1. The van der Waals surface area contributed by atoms with E-state index < -0.39 is 0 Å².